The van der Waals surface area contributed by atoms with Crippen LogP contribution in [0.15, 0.2) is 42.5 Å². The first-order valence-electron chi connectivity index (χ1n) is 6.32. The summed E-state index contributed by atoms with van der Waals surface area (Å²) < 4.78 is 10.8. The molecule has 0 aliphatic carbocycles. The minimum Gasteiger partial charge on any atom is -0.496 e. The maximum absolute atomic E-state index is 5.91. The molecule has 2 rings (SSSR count). The average Bonchev–Trinajstić information content (AvgIpc) is 2.52. The van der Waals surface area contributed by atoms with Crippen LogP contribution in [-0.4, -0.2) is 14.2 Å². The van der Waals surface area contributed by atoms with E-state index in [0.717, 1.165) is 28.2 Å². The van der Waals surface area contributed by atoms with Gasteiger partial charge in [0.1, 0.15) is 11.5 Å². The number of rotatable bonds is 5. The second kappa shape index (κ2) is 7.01. The Balaban J connectivity index is 2.37. The molecule has 20 heavy (non-hydrogen) atoms. The zero-order valence-electron chi connectivity index (χ0n) is 11.6. The van der Waals surface area contributed by atoms with Crippen LogP contribution in [0.5, 0.6) is 11.5 Å². The molecule has 0 spiro atoms. The van der Waals surface area contributed by atoms with Crippen LogP contribution < -0.4 is 9.47 Å². The highest BCUT2D eigenvalue weighted by atomic mass is 35.5. The van der Waals surface area contributed by atoms with Crippen molar-refractivity contribution < 1.29 is 9.47 Å². The molecule has 0 N–H and O–H groups in total. The van der Waals surface area contributed by atoms with Crippen LogP contribution in [0.2, 0.25) is 0 Å². The van der Waals surface area contributed by atoms with Gasteiger partial charge in [-0.1, -0.05) is 42.5 Å². The van der Waals surface area contributed by atoms with Crippen LogP contribution in [0.25, 0.3) is 12.2 Å². The first kappa shape index (κ1) is 14.5. The van der Waals surface area contributed by atoms with Crippen molar-refractivity contribution in [3.63, 3.8) is 0 Å². The van der Waals surface area contributed by atoms with Crippen molar-refractivity contribution in [1.82, 2.24) is 0 Å². The number of methoxy groups -OCH3 is 2. The molecule has 2 aromatic rings. The van der Waals surface area contributed by atoms with E-state index in [1.807, 2.05) is 54.6 Å². The number of halogens is 1. The Hall–Kier alpha value is -1.93. The Kier molecular flexibility index (Phi) is 5.08. The van der Waals surface area contributed by atoms with Gasteiger partial charge < -0.3 is 9.47 Å². The van der Waals surface area contributed by atoms with Gasteiger partial charge >= 0.3 is 0 Å². The SMILES string of the molecule is COc1cc(CCl)c(OC)cc1/C=C/c1ccccc1. The van der Waals surface area contributed by atoms with Gasteiger partial charge in [-0.05, 0) is 17.7 Å². The maximum atomic E-state index is 5.91. The molecule has 0 aromatic heterocycles. The Labute approximate surface area is 124 Å². The van der Waals surface area contributed by atoms with Crippen molar-refractivity contribution in [2.24, 2.45) is 0 Å². The first-order valence-corrected chi connectivity index (χ1v) is 6.86. The van der Waals surface area contributed by atoms with Crippen LogP contribution in [0.4, 0.5) is 0 Å². The summed E-state index contributed by atoms with van der Waals surface area (Å²) in [7, 11) is 3.29. The van der Waals surface area contributed by atoms with Gasteiger partial charge in [-0.15, -0.1) is 11.6 Å². The van der Waals surface area contributed by atoms with Gasteiger partial charge in [0, 0.05) is 11.1 Å². The van der Waals surface area contributed by atoms with Crippen molar-refractivity contribution in [2.75, 3.05) is 14.2 Å². The van der Waals surface area contributed by atoms with Gasteiger partial charge in [-0.2, -0.15) is 0 Å². The summed E-state index contributed by atoms with van der Waals surface area (Å²) >= 11 is 5.91. The topological polar surface area (TPSA) is 18.5 Å². The lowest BCUT2D eigenvalue weighted by molar-refractivity contribution is 0.399. The van der Waals surface area contributed by atoms with Crippen molar-refractivity contribution >= 4 is 23.8 Å². The van der Waals surface area contributed by atoms with Gasteiger partial charge in [0.25, 0.3) is 0 Å². The third kappa shape index (κ3) is 3.34. The standard InChI is InChI=1S/C17H17ClO2/c1-19-16-11-15(12-18)17(20-2)10-14(16)9-8-13-6-4-3-5-7-13/h3-11H,12H2,1-2H3/b9-8+. The number of hydrogen-bond acceptors (Lipinski definition) is 2. The Bertz CT molecular complexity index is 591. The Morgan fingerprint density at radius 1 is 0.950 bits per heavy atom. The molecule has 0 radical (unpaired) electrons. The second-order valence-electron chi connectivity index (χ2n) is 4.28. The van der Waals surface area contributed by atoms with E-state index < -0.39 is 0 Å². The highest BCUT2D eigenvalue weighted by Gasteiger charge is 2.08. The van der Waals surface area contributed by atoms with E-state index in [9.17, 15) is 0 Å². The summed E-state index contributed by atoms with van der Waals surface area (Å²) in [5, 5.41) is 0. The molecular formula is C17H17ClO2. The third-order valence-electron chi connectivity index (χ3n) is 3.03. The lowest BCUT2D eigenvalue weighted by atomic mass is 10.1. The molecule has 0 amide bonds. The van der Waals surface area contributed by atoms with E-state index in [-0.39, 0.29) is 0 Å². The normalized spacial score (nSPS) is 10.8. The minimum atomic E-state index is 0.391. The summed E-state index contributed by atoms with van der Waals surface area (Å²) in [6.45, 7) is 0. The molecule has 104 valence electrons. The molecular weight excluding hydrogens is 272 g/mol. The van der Waals surface area contributed by atoms with Gasteiger partial charge in [0.2, 0.25) is 0 Å². The van der Waals surface area contributed by atoms with Crippen molar-refractivity contribution in [3.8, 4) is 11.5 Å². The van der Waals surface area contributed by atoms with Crippen molar-refractivity contribution in [1.29, 1.82) is 0 Å². The predicted molar refractivity (Wildman–Crippen MR) is 84.5 cm³/mol. The monoisotopic (exact) mass is 288 g/mol. The van der Waals surface area contributed by atoms with Crippen LogP contribution in [0.3, 0.4) is 0 Å². The van der Waals surface area contributed by atoms with Gasteiger partial charge in [-0.25, -0.2) is 0 Å². The average molecular weight is 289 g/mol. The molecule has 0 saturated heterocycles. The van der Waals surface area contributed by atoms with Crippen LogP contribution in [0, 0.1) is 0 Å². The van der Waals surface area contributed by atoms with E-state index in [4.69, 9.17) is 21.1 Å². The molecule has 3 heteroatoms. The fraction of sp³-hybridized carbons (Fsp3) is 0.176. The van der Waals surface area contributed by atoms with E-state index in [1.165, 1.54) is 0 Å². The quantitative estimate of drug-likeness (QED) is 0.591. The largest absolute Gasteiger partial charge is 0.496 e. The van der Waals surface area contributed by atoms with E-state index in [0.29, 0.717) is 5.88 Å². The third-order valence-corrected chi connectivity index (χ3v) is 3.32. The number of ether oxygens (including phenoxy) is 2. The van der Waals surface area contributed by atoms with Gasteiger partial charge in [-0.3, -0.25) is 0 Å². The summed E-state index contributed by atoms with van der Waals surface area (Å²) in [5.41, 5.74) is 3.01. The van der Waals surface area contributed by atoms with E-state index in [1.54, 1.807) is 14.2 Å². The fourth-order valence-corrected chi connectivity index (χ4v) is 2.18. The maximum Gasteiger partial charge on any atom is 0.126 e. The minimum absolute atomic E-state index is 0.391. The highest BCUT2D eigenvalue weighted by molar-refractivity contribution is 6.17. The predicted octanol–water partition coefficient (Wildman–Crippen LogP) is 4.61. The zero-order valence-corrected chi connectivity index (χ0v) is 12.4. The zero-order chi connectivity index (χ0) is 14.4. The number of benzene rings is 2. The molecule has 0 atom stereocenters. The Morgan fingerprint density at radius 2 is 1.65 bits per heavy atom. The molecule has 2 nitrogen and oxygen atoms in total. The van der Waals surface area contributed by atoms with Crippen molar-refractivity contribution in [3.05, 3.63) is 59.2 Å². The van der Waals surface area contributed by atoms with Crippen LogP contribution in [-0.2, 0) is 5.88 Å². The van der Waals surface area contributed by atoms with E-state index in [2.05, 4.69) is 0 Å². The molecule has 0 aliphatic heterocycles. The number of alkyl halides is 1. The first-order chi connectivity index (χ1) is 9.78. The van der Waals surface area contributed by atoms with Crippen molar-refractivity contribution in [2.45, 2.75) is 5.88 Å². The van der Waals surface area contributed by atoms with Gasteiger partial charge in [0.15, 0.2) is 0 Å². The summed E-state index contributed by atoms with van der Waals surface area (Å²) in [6.07, 6.45) is 4.05. The molecule has 0 fully saturated rings. The van der Waals surface area contributed by atoms with Crippen LogP contribution >= 0.6 is 11.6 Å². The summed E-state index contributed by atoms with van der Waals surface area (Å²) in [4.78, 5) is 0. The van der Waals surface area contributed by atoms with Crippen LogP contribution in [0.1, 0.15) is 16.7 Å². The molecule has 0 bridgehead atoms. The molecule has 0 unspecified atom stereocenters. The molecule has 0 saturated carbocycles. The smallest absolute Gasteiger partial charge is 0.126 e. The molecule has 2 aromatic carbocycles. The lowest BCUT2D eigenvalue weighted by Crippen LogP contribution is -1.94. The van der Waals surface area contributed by atoms with E-state index >= 15 is 0 Å². The molecule has 0 heterocycles. The van der Waals surface area contributed by atoms with Gasteiger partial charge in [0.05, 0.1) is 20.1 Å². The second-order valence-corrected chi connectivity index (χ2v) is 4.55. The Morgan fingerprint density at radius 3 is 2.25 bits per heavy atom. The highest BCUT2D eigenvalue weighted by Crippen LogP contribution is 2.31. The lowest BCUT2D eigenvalue weighted by Gasteiger charge is -2.11. The molecule has 0 aliphatic rings. The summed E-state index contributed by atoms with van der Waals surface area (Å²) in [5.74, 6) is 1.95. The summed E-state index contributed by atoms with van der Waals surface area (Å²) in [6, 6.07) is 14.0. The number of hydrogen-bond donors (Lipinski definition) is 0. The fourth-order valence-electron chi connectivity index (χ4n) is 1.97.